The predicted octanol–water partition coefficient (Wildman–Crippen LogP) is 2.51. The normalized spacial score (nSPS) is 31.8. The first-order chi connectivity index (χ1) is 17.5. The molecular weight excluding hydrogens is 460 g/mol. The van der Waals surface area contributed by atoms with Gasteiger partial charge in [0.2, 0.25) is 0 Å². The Balaban J connectivity index is 1.20. The second kappa shape index (κ2) is 8.27. The van der Waals surface area contributed by atoms with Gasteiger partial charge in [0.15, 0.2) is 5.82 Å². The van der Waals surface area contributed by atoms with E-state index in [1.807, 2.05) is 12.3 Å². The fourth-order valence-corrected chi connectivity index (χ4v) is 7.72. The van der Waals surface area contributed by atoms with Gasteiger partial charge in [-0.15, -0.1) is 0 Å². The Labute approximate surface area is 208 Å². The summed E-state index contributed by atoms with van der Waals surface area (Å²) in [7, 11) is 0. The number of hydrogen-bond acceptors (Lipinski definition) is 6. The molecule has 5 fully saturated rings. The first kappa shape index (κ1) is 22.2. The highest BCUT2D eigenvalue weighted by Gasteiger charge is 2.55. The van der Waals surface area contributed by atoms with Gasteiger partial charge in [-0.2, -0.15) is 5.10 Å². The van der Waals surface area contributed by atoms with E-state index in [-0.39, 0.29) is 6.04 Å². The van der Waals surface area contributed by atoms with Crippen LogP contribution in [0, 0.1) is 23.7 Å². The molecule has 0 radical (unpaired) electrons. The van der Waals surface area contributed by atoms with Crippen molar-refractivity contribution < 1.29 is 19.4 Å². The summed E-state index contributed by atoms with van der Waals surface area (Å²) >= 11 is 0. The molecule has 4 saturated carbocycles. The van der Waals surface area contributed by atoms with Crippen molar-refractivity contribution in [2.45, 2.75) is 56.6 Å². The number of nitrogens with zero attached hydrogens (tertiary/aromatic N) is 3. The molecule has 3 aromatic rings. The lowest BCUT2D eigenvalue weighted by atomic mass is 9.52. The first-order valence-corrected chi connectivity index (χ1v) is 13.2. The summed E-state index contributed by atoms with van der Waals surface area (Å²) in [6.45, 7) is 1.85. The number of pyridine rings is 1. The molecule has 5 atom stereocenters. The number of fused-ring (bicyclic) bond motifs is 3. The highest BCUT2D eigenvalue weighted by atomic mass is 16.5. The van der Waals surface area contributed by atoms with Gasteiger partial charge >= 0.3 is 11.8 Å². The fourth-order valence-electron chi connectivity index (χ4n) is 7.72. The summed E-state index contributed by atoms with van der Waals surface area (Å²) in [5, 5.41) is 23.2. The van der Waals surface area contributed by atoms with Gasteiger partial charge in [-0.1, -0.05) is 0 Å². The highest BCUT2D eigenvalue weighted by Crippen LogP contribution is 2.60. The van der Waals surface area contributed by atoms with Crippen LogP contribution >= 0.6 is 0 Å². The fraction of sp³-hybridized carbons (Fsp3) is 0.615. The second-order valence-electron chi connectivity index (χ2n) is 11.5. The molecule has 8 rings (SSSR count). The van der Waals surface area contributed by atoms with Crippen LogP contribution in [0.1, 0.15) is 51.0 Å². The molecule has 2 amide bonds. The molecule has 190 valence electrons. The van der Waals surface area contributed by atoms with E-state index in [4.69, 9.17) is 9.84 Å². The van der Waals surface area contributed by atoms with Crippen LogP contribution < -0.4 is 10.6 Å². The maximum atomic E-state index is 12.9. The Hall–Kier alpha value is -2.98. The van der Waals surface area contributed by atoms with Gasteiger partial charge in [0.1, 0.15) is 5.65 Å². The Kier molecular flexibility index (Phi) is 5.11. The summed E-state index contributed by atoms with van der Waals surface area (Å²) in [4.78, 5) is 33.2. The minimum Gasteiger partial charge on any atom is -0.390 e. The number of carbonyl (C=O) groups is 2. The van der Waals surface area contributed by atoms with Gasteiger partial charge in [0, 0.05) is 37.5 Å². The van der Waals surface area contributed by atoms with Crippen molar-refractivity contribution in [2.75, 3.05) is 25.1 Å². The molecule has 1 saturated heterocycles. The topological polar surface area (TPSA) is 134 Å². The Morgan fingerprint density at radius 1 is 1.14 bits per heavy atom. The molecule has 4 N–H and O–H groups in total. The maximum absolute atomic E-state index is 12.9. The lowest BCUT2D eigenvalue weighted by Gasteiger charge is -2.57. The average Bonchev–Trinajstić information content (AvgIpc) is 3.47. The third-order valence-corrected chi connectivity index (χ3v) is 9.05. The predicted molar refractivity (Wildman–Crippen MR) is 132 cm³/mol. The summed E-state index contributed by atoms with van der Waals surface area (Å²) in [6.07, 6.45) is 10.1. The minimum atomic E-state index is -0.720. The van der Waals surface area contributed by atoms with Crippen LogP contribution in [0.3, 0.4) is 0 Å². The summed E-state index contributed by atoms with van der Waals surface area (Å²) in [5.41, 5.74) is 1.14. The zero-order valence-electron chi connectivity index (χ0n) is 20.2. The van der Waals surface area contributed by atoms with Crippen molar-refractivity contribution in [1.82, 2.24) is 25.1 Å². The average molecular weight is 493 g/mol. The molecule has 10 nitrogen and oxygen atoms in total. The molecule has 0 aromatic carbocycles. The molecule has 0 spiro atoms. The van der Waals surface area contributed by atoms with Crippen molar-refractivity contribution >= 4 is 39.6 Å². The lowest BCUT2D eigenvalue weighted by Crippen LogP contribution is -2.55. The molecular formula is C26H32N6O4. The molecule has 3 aromatic heterocycles. The number of nitrogens with one attached hydrogen (secondary N) is 3. The number of carbonyl (C=O) groups excluding carboxylic acids is 2. The number of amides is 2. The quantitative estimate of drug-likeness (QED) is 0.414. The maximum Gasteiger partial charge on any atom is 0.314 e. The van der Waals surface area contributed by atoms with Crippen LogP contribution in [-0.4, -0.2) is 62.0 Å². The molecule has 5 aliphatic rings. The van der Waals surface area contributed by atoms with Crippen molar-refractivity contribution in [2.24, 2.45) is 23.7 Å². The van der Waals surface area contributed by atoms with Crippen LogP contribution in [0.4, 0.5) is 5.82 Å². The van der Waals surface area contributed by atoms with Crippen LogP contribution in [0.5, 0.6) is 0 Å². The van der Waals surface area contributed by atoms with E-state index >= 15 is 0 Å². The van der Waals surface area contributed by atoms with E-state index in [2.05, 4.69) is 25.3 Å². The van der Waals surface area contributed by atoms with Gasteiger partial charge in [-0.05, 0) is 74.7 Å². The molecule has 4 aliphatic carbocycles. The largest absolute Gasteiger partial charge is 0.390 e. The standard InChI is InChI=1S/C26H32N6O4/c33-24(29-12-14-2-5-36-6-3-14)25(34)30-23-19-13-28-22-18(1-4-27-22)21(19)32(31-23)20-16-7-15-8-17(20)11-26(35,9-15)10-16/h1,4,13-17,20,35H,2-3,5-12H2,(H,27,28)(H,29,33)(H,30,31,34)/t15?,16-,17+,20+,26-. The number of aromatic nitrogens is 4. The van der Waals surface area contributed by atoms with Crippen molar-refractivity contribution in [3.05, 3.63) is 18.5 Å². The Morgan fingerprint density at radius 3 is 2.67 bits per heavy atom. The van der Waals surface area contributed by atoms with Gasteiger partial charge in [-0.25, -0.2) is 4.98 Å². The molecule has 4 heterocycles. The van der Waals surface area contributed by atoms with Gasteiger partial charge < -0.3 is 25.5 Å². The third-order valence-electron chi connectivity index (χ3n) is 9.05. The van der Waals surface area contributed by atoms with Gasteiger partial charge in [-0.3, -0.25) is 14.3 Å². The van der Waals surface area contributed by atoms with E-state index < -0.39 is 17.4 Å². The number of aliphatic hydroxyl groups is 1. The van der Waals surface area contributed by atoms with E-state index in [1.54, 1.807) is 6.20 Å². The highest BCUT2D eigenvalue weighted by molar-refractivity contribution is 6.40. The van der Waals surface area contributed by atoms with E-state index in [0.717, 1.165) is 66.9 Å². The summed E-state index contributed by atoms with van der Waals surface area (Å²) in [6, 6.07) is 2.14. The third kappa shape index (κ3) is 3.61. The van der Waals surface area contributed by atoms with E-state index in [0.29, 0.717) is 49.2 Å². The van der Waals surface area contributed by atoms with E-state index in [9.17, 15) is 14.7 Å². The Bertz CT molecular complexity index is 1320. The molecule has 1 unspecified atom stereocenters. The van der Waals surface area contributed by atoms with Crippen molar-refractivity contribution in [1.29, 1.82) is 0 Å². The monoisotopic (exact) mass is 492 g/mol. The number of rotatable bonds is 4. The molecule has 4 bridgehead atoms. The minimum absolute atomic E-state index is 0.151. The first-order valence-electron chi connectivity index (χ1n) is 13.2. The lowest BCUT2D eigenvalue weighted by molar-refractivity contribution is -0.148. The van der Waals surface area contributed by atoms with Crippen LogP contribution in [0.15, 0.2) is 18.5 Å². The molecule has 1 aliphatic heterocycles. The van der Waals surface area contributed by atoms with Gasteiger partial charge in [0.05, 0.1) is 22.5 Å². The zero-order chi connectivity index (χ0) is 24.4. The van der Waals surface area contributed by atoms with Crippen molar-refractivity contribution in [3.8, 4) is 0 Å². The summed E-state index contributed by atoms with van der Waals surface area (Å²) < 4.78 is 7.44. The van der Waals surface area contributed by atoms with Gasteiger partial charge in [0.25, 0.3) is 0 Å². The number of anilines is 1. The second-order valence-corrected chi connectivity index (χ2v) is 11.5. The number of aromatic amines is 1. The van der Waals surface area contributed by atoms with E-state index in [1.165, 1.54) is 0 Å². The zero-order valence-corrected chi connectivity index (χ0v) is 20.2. The van der Waals surface area contributed by atoms with Crippen LogP contribution in [0.2, 0.25) is 0 Å². The van der Waals surface area contributed by atoms with Crippen LogP contribution in [0.25, 0.3) is 21.9 Å². The van der Waals surface area contributed by atoms with Crippen LogP contribution in [-0.2, 0) is 14.3 Å². The van der Waals surface area contributed by atoms with Crippen molar-refractivity contribution in [3.63, 3.8) is 0 Å². The summed E-state index contributed by atoms with van der Waals surface area (Å²) in [5.74, 6) is 0.584. The number of ether oxygens (including phenoxy) is 1. The molecule has 36 heavy (non-hydrogen) atoms. The SMILES string of the molecule is O=C(NCC1CCOCC1)C(=O)Nc1nn([C@H]2[C@@H]3CC4C[C@H]2C[C@@](O)(C4)C3)c2c1cnc1[nH]ccc12. The number of hydrogen-bond donors (Lipinski definition) is 4. The Morgan fingerprint density at radius 2 is 1.92 bits per heavy atom. The smallest absolute Gasteiger partial charge is 0.314 e. The molecule has 10 heteroatoms. The number of H-pyrrole nitrogens is 1.